The summed E-state index contributed by atoms with van der Waals surface area (Å²) < 4.78 is 0. The van der Waals surface area contributed by atoms with Gasteiger partial charge in [0.15, 0.2) is 0 Å². The van der Waals surface area contributed by atoms with Crippen LogP contribution in [0.1, 0.15) is 58.9 Å². The van der Waals surface area contributed by atoms with Crippen molar-refractivity contribution in [2.24, 2.45) is 0 Å². The van der Waals surface area contributed by atoms with Crippen LogP contribution in [-0.4, -0.2) is 30.2 Å². The molecule has 24 heavy (non-hydrogen) atoms. The SMILES string of the molecule is BC(C)(C)C(C)c1ccc(N2C(=O)CC(SC(C)CC)C2=O)cc1. The molecule has 2 rings (SSSR count). The Bertz CT molecular complexity index is 609. The molecule has 3 atom stereocenters. The second kappa shape index (κ2) is 7.34. The van der Waals surface area contributed by atoms with Gasteiger partial charge in [-0.05, 0) is 30.0 Å². The maximum absolute atomic E-state index is 12.6. The molecule has 0 N–H and O–H groups in total. The average molecular weight is 345 g/mol. The Labute approximate surface area is 151 Å². The number of anilines is 1. The van der Waals surface area contributed by atoms with Gasteiger partial charge in [-0.15, -0.1) is 11.8 Å². The first kappa shape index (κ1) is 19.1. The van der Waals surface area contributed by atoms with E-state index >= 15 is 0 Å². The quantitative estimate of drug-likeness (QED) is 0.582. The Morgan fingerprint density at radius 3 is 2.33 bits per heavy atom. The summed E-state index contributed by atoms with van der Waals surface area (Å²) in [6.07, 6.45) is 1.32. The van der Waals surface area contributed by atoms with E-state index in [0.29, 0.717) is 23.3 Å². The van der Waals surface area contributed by atoms with Gasteiger partial charge in [-0.2, -0.15) is 0 Å². The van der Waals surface area contributed by atoms with Gasteiger partial charge in [-0.25, -0.2) is 4.90 Å². The monoisotopic (exact) mass is 345 g/mol. The molecular weight excluding hydrogens is 317 g/mol. The van der Waals surface area contributed by atoms with E-state index in [-0.39, 0.29) is 22.4 Å². The number of amides is 2. The minimum Gasteiger partial charge on any atom is -0.274 e. The lowest BCUT2D eigenvalue weighted by atomic mass is 9.62. The Balaban J connectivity index is 2.17. The van der Waals surface area contributed by atoms with Crippen LogP contribution in [0.3, 0.4) is 0 Å². The molecule has 0 radical (unpaired) electrons. The van der Waals surface area contributed by atoms with E-state index in [4.69, 9.17) is 0 Å². The molecule has 3 nitrogen and oxygen atoms in total. The number of carbonyl (C=O) groups excluding carboxylic acids is 2. The second-order valence-corrected chi connectivity index (χ2v) is 9.44. The number of hydrogen-bond donors (Lipinski definition) is 0. The van der Waals surface area contributed by atoms with E-state index in [1.54, 1.807) is 11.8 Å². The normalized spacial score (nSPS) is 21.2. The molecule has 1 aliphatic heterocycles. The highest BCUT2D eigenvalue weighted by Gasteiger charge is 2.40. The molecule has 3 unspecified atom stereocenters. The minimum atomic E-state index is -0.236. The zero-order chi connectivity index (χ0) is 18.1. The molecule has 5 heteroatoms. The van der Waals surface area contributed by atoms with Gasteiger partial charge in [-0.1, -0.05) is 52.1 Å². The van der Waals surface area contributed by atoms with Crippen LogP contribution in [0.25, 0.3) is 0 Å². The van der Waals surface area contributed by atoms with Crippen molar-refractivity contribution in [2.45, 2.75) is 69.2 Å². The van der Waals surface area contributed by atoms with E-state index in [2.05, 4.69) is 42.5 Å². The van der Waals surface area contributed by atoms with Gasteiger partial charge in [0.2, 0.25) is 11.8 Å². The fourth-order valence-corrected chi connectivity index (χ4v) is 3.98. The van der Waals surface area contributed by atoms with Gasteiger partial charge in [0.25, 0.3) is 0 Å². The van der Waals surface area contributed by atoms with Crippen molar-refractivity contribution < 1.29 is 9.59 Å². The summed E-state index contributed by atoms with van der Waals surface area (Å²) in [5.41, 5.74) is 1.93. The third kappa shape index (κ3) is 4.05. The summed E-state index contributed by atoms with van der Waals surface area (Å²) >= 11 is 1.62. The third-order valence-electron chi connectivity index (χ3n) is 5.03. The molecule has 1 aromatic rings. The van der Waals surface area contributed by atoms with Gasteiger partial charge in [0.1, 0.15) is 7.85 Å². The van der Waals surface area contributed by atoms with Crippen molar-refractivity contribution in [3.63, 3.8) is 0 Å². The van der Waals surface area contributed by atoms with Gasteiger partial charge >= 0.3 is 0 Å². The second-order valence-electron chi connectivity index (χ2n) is 7.79. The van der Waals surface area contributed by atoms with Crippen molar-refractivity contribution in [1.82, 2.24) is 0 Å². The Kier molecular flexibility index (Phi) is 5.85. The Morgan fingerprint density at radius 1 is 1.25 bits per heavy atom. The van der Waals surface area contributed by atoms with Crippen molar-refractivity contribution in [3.8, 4) is 0 Å². The maximum Gasteiger partial charge on any atom is 0.247 e. The van der Waals surface area contributed by atoms with Crippen molar-refractivity contribution >= 4 is 37.1 Å². The van der Waals surface area contributed by atoms with Crippen molar-refractivity contribution in [3.05, 3.63) is 29.8 Å². The molecular formula is C19H28BNO2S. The van der Waals surface area contributed by atoms with Gasteiger partial charge in [0.05, 0.1) is 10.9 Å². The first-order valence-corrected chi connectivity index (χ1v) is 9.71. The molecule has 0 bridgehead atoms. The van der Waals surface area contributed by atoms with Crippen LogP contribution in [0.2, 0.25) is 5.31 Å². The summed E-state index contributed by atoms with van der Waals surface area (Å²) in [7, 11) is 2.22. The van der Waals surface area contributed by atoms with Gasteiger partial charge < -0.3 is 0 Å². The number of thioether (sulfide) groups is 1. The van der Waals surface area contributed by atoms with E-state index in [9.17, 15) is 9.59 Å². The predicted molar refractivity (Wildman–Crippen MR) is 106 cm³/mol. The van der Waals surface area contributed by atoms with Crippen LogP contribution in [0.15, 0.2) is 24.3 Å². The summed E-state index contributed by atoms with van der Waals surface area (Å²) in [5.74, 6) is 0.254. The maximum atomic E-state index is 12.6. The standard InChI is InChI=1S/C19H28BNO2S/c1-6-12(2)24-16-11-17(22)21(18(16)23)15-9-7-14(8-10-15)13(3)19(4,5)20/h7-10,12-13,16H,6,11,20H2,1-5H3. The average Bonchev–Trinajstić information content (AvgIpc) is 2.80. The number of rotatable bonds is 6. The summed E-state index contributed by atoms with van der Waals surface area (Å²) in [5, 5.41) is 0.334. The highest BCUT2D eigenvalue weighted by molar-refractivity contribution is 8.01. The topological polar surface area (TPSA) is 37.4 Å². The number of imide groups is 1. The number of hydrogen-bond acceptors (Lipinski definition) is 3. The first-order valence-electron chi connectivity index (χ1n) is 8.77. The van der Waals surface area contributed by atoms with Crippen LogP contribution in [0.5, 0.6) is 0 Å². The molecule has 1 saturated heterocycles. The zero-order valence-electron chi connectivity index (χ0n) is 15.6. The Hall–Kier alpha value is -1.23. The minimum absolute atomic E-state index is 0.0677. The molecule has 0 aromatic heterocycles. The molecule has 1 aromatic carbocycles. The smallest absolute Gasteiger partial charge is 0.247 e. The molecule has 0 saturated carbocycles. The largest absolute Gasteiger partial charge is 0.274 e. The van der Waals surface area contributed by atoms with Crippen LogP contribution in [0.4, 0.5) is 5.69 Å². The summed E-state index contributed by atoms with van der Waals surface area (Å²) in [6, 6.07) is 7.90. The molecule has 1 aliphatic rings. The van der Waals surface area contributed by atoms with Crippen molar-refractivity contribution in [1.29, 1.82) is 0 Å². The lowest BCUT2D eigenvalue weighted by Gasteiger charge is -2.28. The third-order valence-corrected chi connectivity index (χ3v) is 6.52. The molecule has 1 heterocycles. The van der Waals surface area contributed by atoms with Crippen LogP contribution in [0, 0.1) is 0 Å². The molecule has 0 spiro atoms. The van der Waals surface area contributed by atoms with Crippen molar-refractivity contribution in [2.75, 3.05) is 4.90 Å². The van der Waals surface area contributed by atoms with E-state index in [0.717, 1.165) is 6.42 Å². The van der Waals surface area contributed by atoms with E-state index in [1.807, 2.05) is 24.3 Å². The van der Waals surface area contributed by atoms with E-state index < -0.39 is 0 Å². The lowest BCUT2D eigenvalue weighted by molar-refractivity contribution is -0.121. The lowest BCUT2D eigenvalue weighted by Crippen LogP contribution is -2.31. The fraction of sp³-hybridized carbons (Fsp3) is 0.579. The molecule has 0 aliphatic carbocycles. The Morgan fingerprint density at radius 2 is 1.83 bits per heavy atom. The molecule has 130 valence electrons. The zero-order valence-corrected chi connectivity index (χ0v) is 16.4. The molecule has 2 amide bonds. The van der Waals surface area contributed by atoms with Gasteiger partial charge in [0, 0.05) is 11.7 Å². The first-order chi connectivity index (χ1) is 11.1. The fourth-order valence-electron chi connectivity index (χ4n) is 2.77. The van der Waals surface area contributed by atoms with Gasteiger partial charge in [-0.3, -0.25) is 9.59 Å². The number of carbonyl (C=O) groups is 2. The number of nitrogens with zero attached hydrogens (tertiary/aromatic N) is 1. The van der Waals surface area contributed by atoms with Crippen LogP contribution in [-0.2, 0) is 9.59 Å². The molecule has 1 fully saturated rings. The highest BCUT2D eigenvalue weighted by atomic mass is 32.2. The van der Waals surface area contributed by atoms with Crippen LogP contribution >= 0.6 is 11.8 Å². The van der Waals surface area contributed by atoms with Crippen LogP contribution < -0.4 is 4.90 Å². The predicted octanol–water partition coefficient (Wildman–Crippen LogP) is 3.79. The summed E-state index contributed by atoms with van der Waals surface area (Å²) in [6.45, 7) is 10.9. The van der Waals surface area contributed by atoms with E-state index in [1.165, 1.54) is 10.5 Å². The summed E-state index contributed by atoms with van der Waals surface area (Å²) in [4.78, 5) is 26.3. The number of benzene rings is 1. The highest BCUT2D eigenvalue weighted by Crippen LogP contribution is 2.39.